The molecule has 6 nitrogen and oxygen atoms in total. The molecule has 2 atom stereocenters. The Hall–Kier alpha value is -2.18. The molecule has 0 aromatic rings. The van der Waals surface area contributed by atoms with Gasteiger partial charge in [-0.3, -0.25) is 9.59 Å². The van der Waals surface area contributed by atoms with E-state index < -0.39 is 12.1 Å². The van der Waals surface area contributed by atoms with Crippen LogP contribution in [0.3, 0.4) is 0 Å². The maximum atomic E-state index is 12.6. The molecule has 0 heterocycles. The van der Waals surface area contributed by atoms with Crippen molar-refractivity contribution in [1.82, 2.24) is 5.32 Å². The summed E-state index contributed by atoms with van der Waals surface area (Å²) in [6.07, 6.45) is 104. The maximum absolute atomic E-state index is 12.6. The van der Waals surface area contributed by atoms with E-state index in [1.165, 1.54) is 366 Å². The third-order valence-electron chi connectivity index (χ3n) is 18.8. The van der Waals surface area contributed by atoms with E-state index in [1.807, 2.05) is 6.08 Å². The highest BCUT2D eigenvalue weighted by molar-refractivity contribution is 5.76. The number of carbonyl (C=O) groups is 2. The van der Waals surface area contributed by atoms with Crippen LogP contribution in [0.25, 0.3) is 0 Å². The van der Waals surface area contributed by atoms with Gasteiger partial charge in [-0.25, -0.2) is 0 Å². The molecule has 1 amide bonds. The van der Waals surface area contributed by atoms with Gasteiger partial charge >= 0.3 is 5.97 Å². The molecule has 0 aliphatic carbocycles. The van der Waals surface area contributed by atoms with E-state index in [0.717, 1.165) is 51.4 Å². The second kappa shape index (κ2) is 78.3. The lowest BCUT2D eigenvalue weighted by Crippen LogP contribution is -2.45. The normalized spacial score (nSPS) is 12.7. The standard InChI is InChI=1S/C83H157NO5/c1-3-5-7-9-11-13-15-17-19-20-21-22-23-35-38-41-44-48-51-55-59-63-67-71-75-81(86)80(79-85)84-82(87)76-72-68-64-60-56-52-49-45-42-39-36-33-31-29-27-25-24-26-28-30-32-34-37-40-43-46-50-54-58-62-66-70-74-78-89-83(88)77-73-69-65-61-57-53-47-18-16-14-12-10-8-6-4-2/h12,14,18,28,30,47,71,75,80-81,85-86H,3-11,13,15-17,19-27,29,31-46,48-70,72-74,76-79H2,1-2H3,(H,84,87)/b14-12-,30-28-,47-18-,75-71+. The van der Waals surface area contributed by atoms with E-state index in [1.54, 1.807) is 6.08 Å². The number of aliphatic hydroxyl groups excluding tert-OH is 2. The number of esters is 1. The Morgan fingerprint density at radius 2 is 0.562 bits per heavy atom. The van der Waals surface area contributed by atoms with Crippen LogP contribution in [-0.2, 0) is 14.3 Å². The lowest BCUT2D eigenvalue weighted by atomic mass is 10.0. The molecule has 0 bridgehead atoms. The van der Waals surface area contributed by atoms with E-state index in [2.05, 4.69) is 55.6 Å². The van der Waals surface area contributed by atoms with Gasteiger partial charge < -0.3 is 20.3 Å². The van der Waals surface area contributed by atoms with Crippen LogP contribution < -0.4 is 5.32 Å². The first-order valence-electron chi connectivity index (χ1n) is 40.4. The summed E-state index contributed by atoms with van der Waals surface area (Å²) in [6, 6.07) is -0.628. The molecule has 0 aliphatic heterocycles. The third kappa shape index (κ3) is 74.7. The molecule has 2 unspecified atom stereocenters. The number of hydrogen-bond donors (Lipinski definition) is 3. The summed E-state index contributed by atoms with van der Waals surface area (Å²) >= 11 is 0. The second-order valence-electron chi connectivity index (χ2n) is 27.7. The number of nitrogens with one attached hydrogen (secondary N) is 1. The van der Waals surface area contributed by atoms with Crippen molar-refractivity contribution in [3.05, 3.63) is 48.6 Å². The van der Waals surface area contributed by atoms with Crippen molar-refractivity contribution < 1.29 is 24.5 Å². The lowest BCUT2D eigenvalue weighted by Gasteiger charge is -2.20. The quantitative estimate of drug-likeness (QED) is 0.0320. The number of unbranched alkanes of at least 4 members (excludes halogenated alkanes) is 59. The number of carbonyl (C=O) groups excluding carboxylic acids is 2. The van der Waals surface area contributed by atoms with Gasteiger partial charge in [0.2, 0.25) is 5.91 Å². The van der Waals surface area contributed by atoms with Crippen LogP contribution in [0.15, 0.2) is 48.6 Å². The van der Waals surface area contributed by atoms with E-state index in [0.29, 0.717) is 19.4 Å². The number of rotatable bonds is 76. The Bertz CT molecular complexity index is 1490. The Kier molecular flexibility index (Phi) is 76.3. The zero-order valence-electron chi connectivity index (χ0n) is 60.2. The smallest absolute Gasteiger partial charge is 0.305 e. The predicted octanol–water partition coefficient (Wildman–Crippen LogP) is 26.8. The zero-order valence-corrected chi connectivity index (χ0v) is 60.2. The van der Waals surface area contributed by atoms with Crippen LogP contribution in [0, 0.1) is 0 Å². The first-order valence-corrected chi connectivity index (χ1v) is 40.4. The van der Waals surface area contributed by atoms with Gasteiger partial charge in [0.15, 0.2) is 0 Å². The third-order valence-corrected chi connectivity index (χ3v) is 18.8. The number of amides is 1. The SMILES string of the molecule is CCCCC/C=C\C/C=C\CCCCCCCC(=O)OCCCCCCCCCCCCCC/C=C\CCCCCCCCCCCCCCCCCCCC(=O)NC(CO)C(O)/C=C/CCCCCCCCCCCCCCCCCCCCCCCC. The summed E-state index contributed by atoms with van der Waals surface area (Å²) in [5.74, 6) is -0.0553. The first kappa shape index (κ1) is 86.8. The van der Waals surface area contributed by atoms with Crippen LogP contribution in [0.4, 0.5) is 0 Å². The van der Waals surface area contributed by atoms with Crippen LogP contribution in [0.1, 0.15) is 444 Å². The van der Waals surface area contributed by atoms with Gasteiger partial charge in [-0.15, -0.1) is 0 Å². The Labute approximate surface area is 556 Å². The largest absolute Gasteiger partial charge is 0.466 e. The van der Waals surface area contributed by atoms with Gasteiger partial charge in [0, 0.05) is 12.8 Å². The Morgan fingerprint density at radius 3 is 0.888 bits per heavy atom. The molecule has 0 aliphatic rings. The molecule has 6 heteroatoms. The molecule has 0 fully saturated rings. The first-order chi connectivity index (χ1) is 44.0. The van der Waals surface area contributed by atoms with Gasteiger partial charge in [-0.2, -0.15) is 0 Å². The fourth-order valence-corrected chi connectivity index (χ4v) is 12.7. The van der Waals surface area contributed by atoms with Crippen molar-refractivity contribution in [3.63, 3.8) is 0 Å². The highest BCUT2D eigenvalue weighted by atomic mass is 16.5. The highest BCUT2D eigenvalue weighted by Gasteiger charge is 2.18. The van der Waals surface area contributed by atoms with Gasteiger partial charge in [-0.05, 0) is 89.9 Å². The van der Waals surface area contributed by atoms with Crippen molar-refractivity contribution in [2.24, 2.45) is 0 Å². The Balaban J connectivity index is 3.38. The Morgan fingerprint density at radius 1 is 0.315 bits per heavy atom. The molecule has 0 rings (SSSR count). The van der Waals surface area contributed by atoms with Crippen LogP contribution in [0.5, 0.6) is 0 Å². The van der Waals surface area contributed by atoms with Crippen LogP contribution in [-0.4, -0.2) is 47.4 Å². The van der Waals surface area contributed by atoms with Crippen molar-refractivity contribution in [2.45, 2.75) is 456 Å². The van der Waals surface area contributed by atoms with Gasteiger partial charge in [0.25, 0.3) is 0 Å². The van der Waals surface area contributed by atoms with Gasteiger partial charge in [0.1, 0.15) is 0 Å². The van der Waals surface area contributed by atoms with E-state index >= 15 is 0 Å². The van der Waals surface area contributed by atoms with Crippen molar-refractivity contribution >= 4 is 11.9 Å². The molecule has 524 valence electrons. The fraction of sp³-hybridized carbons (Fsp3) is 0.880. The minimum atomic E-state index is -0.845. The number of hydrogen-bond acceptors (Lipinski definition) is 5. The van der Waals surface area contributed by atoms with Gasteiger partial charge in [0.05, 0.1) is 25.4 Å². The number of allylic oxidation sites excluding steroid dienone is 7. The van der Waals surface area contributed by atoms with E-state index in [-0.39, 0.29) is 18.5 Å². The molecule has 3 N–H and O–H groups in total. The van der Waals surface area contributed by atoms with Gasteiger partial charge in [-0.1, -0.05) is 390 Å². The molecule has 0 aromatic heterocycles. The molecule has 0 radical (unpaired) electrons. The molecule has 0 saturated heterocycles. The lowest BCUT2D eigenvalue weighted by molar-refractivity contribution is -0.143. The predicted molar refractivity (Wildman–Crippen MR) is 393 cm³/mol. The van der Waals surface area contributed by atoms with E-state index in [4.69, 9.17) is 4.74 Å². The summed E-state index contributed by atoms with van der Waals surface area (Å²) in [7, 11) is 0. The zero-order chi connectivity index (χ0) is 64.2. The maximum Gasteiger partial charge on any atom is 0.305 e. The monoisotopic (exact) mass is 1250 g/mol. The van der Waals surface area contributed by atoms with Crippen LogP contribution in [0.2, 0.25) is 0 Å². The second-order valence-corrected chi connectivity index (χ2v) is 27.7. The van der Waals surface area contributed by atoms with E-state index in [9.17, 15) is 19.8 Å². The molecule has 0 aromatic carbocycles. The summed E-state index contributed by atoms with van der Waals surface area (Å²) < 4.78 is 5.49. The van der Waals surface area contributed by atoms with Crippen molar-refractivity contribution in [1.29, 1.82) is 0 Å². The molecule has 89 heavy (non-hydrogen) atoms. The molecule has 0 spiro atoms. The summed E-state index contributed by atoms with van der Waals surface area (Å²) in [5, 5.41) is 23.3. The van der Waals surface area contributed by atoms with Crippen molar-refractivity contribution in [3.8, 4) is 0 Å². The summed E-state index contributed by atoms with van der Waals surface area (Å²) in [5.41, 5.74) is 0. The fourth-order valence-electron chi connectivity index (χ4n) is 12.7. The average molecular weight is 1250 g/mol. The highest BCUT2D eigenvalue weighted by Crippen LogP contribution is 2.20. The topological polar surface area (TPSA) is 95.9 Å². The summed E-state index contributed by atoms with van der Waals surface area (Å²) in [4.78, 5) is 24.6. The molecular weight excluding hydrogens is 1090 g/mol. The number of aliphatic hydroxyl groups is 2. The number of ether oxygens (including phenoxy) is 1. The molecular formula is C83H157NO5. The van der Waals surface area contributed by atoms with Crippen molar-refractivity contribution in [2.75, 3.05) is 13.2 Å². The average Bonchev–Trinajstić information content (AvgIpc) is 3.63. The molecule has 0 saturated carbocycles. The minimum absolute atomic E-state index is 0.00486. The minimum Gasteiger partial charge on any atom is -0.466 e. The summed E-state index contributed by atoms with van der Waals surface area (Å²) in [6.45, 7) is 4.92. The van der Waals surface area contributed by atoms with Crippen LogP contribution >= 0.6 is 0 Å².